The molecule has 6 nitrogen and oxygen atoms in total. The molecule has 168 valence electrons. The molecule has 0 heterocycles. The molecular formula is C26H30N2O4. The molecular weight excluding hydrogens is 404 g/mol. The van der Waals surface area contributed by atoms with E-state index in [1.165, 1.54) is 0 Å². The van der Waals surface area contributed by atoms with Crippen LogP contribution in [0.5, 0.6) is 5.75 Å². The number of benzene rings is 2. The third-order valence-electron chi connectivity index (χ3n) is 8.04. The lowest BCUT2D eigenvalue weighted by Gasteiger charge is -2.39. The Morgan fingerprint density at radius 3 is 2.25 bits per heavy atom. The van der Waals surface area contributed by atoms with Crippen LogP contribution < -0.4 is 10.1 Å². The van der Waals surface area contributed by atoms with E-state index in [2.05, 4.69) is 31.2 Å². The van der Waals surface area contributed by atoms with E-state index in [4.69, 9.17) is 9.57 Å². The predicted molar refractivity (Wildman–Crippen MR) is 124 cm³/mol. The van der Waals surface area contributed by atoms with Crippen molar-refractivity contribution in [2.75, 3.05) is 12.4 Å². The van der Waals surface area contributed by atoms with Gasteiger partial charge in [-0.1, -0.05) is 43.6 Å². The number of carbonyl (C=O) groups excluding carboxylic acids is 2. The molecule has 2 fully saturated rings. The molecule has 0 aromatic heterocycles. The van der Waals surface area contributed by atoms with E-state index in [1.807, 2.05) is 31.2 Å². The van der Waals surface area contributed by atoms with Crippen LogP contribution in [-0.4, -0.2) is 24.7 Å². The maximum Gasteiger partial charge on any atom is 0.365 e. The standard InChI is InChI=1S/C26H30N2O4/c1-17-6-10-19(11-7-17)27-23(30)26-15-14-25(4,24(26,2)3)21(16-26)28-32-22(29)18-8-12-20(31-5)13-9-18/h6-13H,14-16H2,1-5H3,(H,27,30). The summed E-state index contributed by atoms with van der Waals surface area (Å²) in [6, 6.07) is 14.5. The van der Waals surface area contributed by atoms with Crippen LogP contribution in [0.3, 0.4) is 0 Å². The van der Waals surface area contributed by atoms with Gasteiger partial charge in [-0.05, 0) is 61.6 Å². The van der Waals surface area contributed by atoms with E-state index >= 15 is 0 Å². The number of oxime groups is 1. The lowest BCUT2D eigenvalue weighted by Crippen LogP contribution is -2.43. The lowest BCUT2D eigenvalue weighted by atomic mass is 9.64. The van der Waals surface area contributed by atoms with Crippen LogP contribution in [0.15, 0.2) is 53.7 Å². The van der Waals surface area contributed by atoms with Gasteiger partial charge in [0.05, 0.1) is 23.8 Å². The molecule has 0 saturated heterocycles. The van der Waals surface area contributed by atoms with Gasteiger partial charge in [0.2, 0.25) is 5.91 Å². The summed E-state index contributed by atoms with van der Waals surface area (Å²) >= 11 is 0. The van der Waals surface area contributed by atoms with E-state index < -0.39 is 11.4 Å². The summed E-state index contributed by atoms with van der Waals surface area (Å²) in [5.74, 6) is 0.140. The minimum Gasteiger partial charge on any atom is -0.497 e. The van der Waals surface area contributed by atoms with E-state index in [-0.39, 0.29) is 16.7 Å². The highest BCUT2D eigenvalue weighted by atomic mass is 16.7. The molecule has 2 atom stereocenters. The zero-order chi connectivity index (χ0) is 23.1. The summed E-state index contributed by atoms with van der Waals surface area (Å²) in [5, 5.41) is 7.40. The summed E-state index contributed by atoms with van der Waals surface area (Å²) < 4.78 is 5.12. The highest BCUT2D eigenvalue weighted by Gasteiger charge is 2.71. The SMILES string of the molecule is COc1ccc(C(=O)ON=C2CC3(C(=O)Nc4ccc(C)cc4)CCC2(C)C3(C)C)cc1. The molecule has 2 aromatic rings. The molecule has 2 unspecified atom stereocenters. The first-order chi connectivity index (χ1) is 15.1. The number of amides is 1. The van der Waals surface area contributed by atoms with Crippen molar-refractivity contribution in [2.24, 2.45) is 21.4 Å². The number of aryl methyl sites for hydroxylation is 1. The molecule has 2 aliphatic rings. The molecule has 2 saturated carbocycles. The van der Waals surface area contributed by atoms with Crippen LogP contribution in [0.25, 0.3) is 0 Å². The van der Waals surface area contributed by atoms with E-state index in [0.29, 0.717) is 17.7 Å². The summed E-state index contributed by atoms with van der Waals surface area (Å²) in [6.45, 7) is 8.40. The quantitative estimate of drug-likeness (QED) is 0.507. The summed E-state index contributed by atoms with van der Waals surface area (Å²) in [6.07, 6.45) is 2.07. The number of nitrogens with one attached hydrogen (secondary N) is 1. The van der Waals surface area contributed by atoms with Crippen LogP contribution in [0.2, 0.25) is 0 Å². The molecule has 32 heavy (non-hydrogen) atoms. The molecule has 2 aliphatic carbocycles. The van der Waals surface area contributed by atoms with E-state index in [9.17, 15) is 9.59 Å². The van der Waals surface area contributed by atoms with Gasteiger partial charge in [-0.15, -0.1) is 0 Å². The largest absolute Gasteiger partial charge is 0.497 e. The van der Waals surface area contributed by atoms with Gasteiger partial charge in [-0.25, -0.2) is 4.79 Å². The molecule has 6 heteroatoms. The monoisotopic (exact) mass is 434 g/mol. The number of anilines is 1. The van der Waals surface area contributed by atoms with Gasteiger partial charge in [-0.3, -0.25) is 4.79 Å². The molecule has 0 spiro atoms. The van der Waals surface area contributed by atoms with Gasteiger partial charge < -0.3 is 14.9 Å². The fraction of sp³-hybridized carbons (Fsp3) is 0.423. The molecule has 4 rings (SSSR count). The van der Waals surface area contributed by atoms with Gasteiger partial charge >= 0.3 is 5.97 Å². The summed E-state index contributed by atoms with van der Waals surface area (Å²) in [7, 11) is 1.57. The molecule has 0 radical (unpaired) electrons. The van der Waals surface area contributed by atoms with Gasteiger partial charge in [0.15, 0.2) is 0 Å². The topological polar surface area (TPSA) is 77.0 Å². The normalized spacial score (nSPS) is 26.7. The Labute approximate surface area is 189 Å². The first-order valence-corrected chi connectivity index (χ1v) is 10.9. The highest BCUT2D eigenvalue weighted by molar-refractivity contribution is 6.06. The second-order valence-electron chi connectivity index (χ2n) is 9.68. The lowest BCUT2D eigenvalue weighted by molar-refractivity contribution is -0.130. The second kappa shape index (κ2) is 7.76. The first-order valence-electron chi connectivity index (χ1n) is 10.9. The van der Waals surface area contributed by atoms with Crippen LogP contribution in [0, 0.1) is 23.2 Å². The number of rotatable bonds is 5. The van der Waals surface area contributed by atoms with Crippen LogP contribution in [0.4, 0.5) is 5.69 Å². The van der Waals surface area contributed by atoms with Gasteiger partial charge in [0.1, 0.15) is 5.75 Å². The zero-order valence-electron chi connectivity index (χ0n) is 19.3. The Morgan fingerprint density at radius 2 is 1.62 bits per heavy atom. The number of ether oxygens (including phenoxy) is 1. The minimum atomic E-state index is -0.599. The molecule has 1 N–H and O–H groups in total. The predicted octanol–water partition coefficient (Wildman–Crippen LogP) is 5.37. The van der Waals surface area contributed by atoms with Crippen LogP contribution >= 0.6 is 0 Å². The first kappa shape index (κ1) is 22.1. The van der Waals surface area contributed by atoms with Crippen molar-refractivity contribution in [3.8, 4) is 5.75 Å². The average Bonchev–Trinajstić information content (AvgIpc) is 3.09. The van der Waals surface area contributed by atoms with Crippen molar-refractivity contribution < 1.29 is 19.2 Å². The number of hydrogen-bond acceptors (Lipinski definition) is 5. The van der Waals surface area contributed by atoms with Gasteiger partial charge in [-0.2, -0.15) is 0 Å². The van der Waals surface area contributed by atoms with Crippen molar-refractivity contribution in [3.63, 3.8) is 0 Å². The summed E-state index contributed by atoms with van der Waals surface area (Å²) in [4.78, 5) is 31.4. The van der Waals surface area contributed by atoms with Crippen molar-refractivity contribution in [1.82, 2.24) is 0 Å². The second-order valence-corrected chi connectivity index (χ2v) is 9.68. The maximum atomic E-state index is 13.5. The van der Waals surface area contributed by atoms with Gasteiger partial charge in [0, 0.05) is 17.5 Å². The number of fused-ring (bicyclic) bond motifs is 2. The number of carbonyl (C=O) groups is 2. The Bertz CT molecular complexity index is 1070. The Morgan fingerprint density at radius 1 is 0.969 bits per heavy atom. The van der Waals surface area contributed by atoms with Crippen molar-refractivity contribution in [2.45, 2.75) is 47.0 Å². The molecule has 1 amide bonds. The number of methoxy groups -OCH3 is 1. The van der Waals surface area contributed by atoms with Crippen LogP contribution in [-0.2, 0) is 9.63 Å². The van der Waals surface area contributed by atoms with Crippen LogP contribution in [0.1, 0.15) is 56.0 Å². The minimum absolute atomic E-state index is 0.00163. The average molecular weight is 435 g/mol. The van der Waals surface area contributed by atoms with Crippen molar-refractivity contribution in [3.05, 3.63) is 59.7 Å². The number of nitrogens with zero attached hydrogens (tertiary/aromatic N) is 1. The zero-order valence-corrected chi connectivity index (χ0v) is 19.3. The Balaban J connectivity index is 1.55. The fourth-order valence-electron chi connectivity index (χ4n) is 5.29. The van der Waals surface area contributed by atoms with Gasteiger partial charge in [0.25, 0.3) is 0 Å². The summed E-state index contributed by atoms with van der Waals surface area (Å²) in [5.41, 5.74) is 1.85. The van der Waals surface area contributed by atoms with E-state index in [0.717, 1.165) is 29.8 Å². The Kier molecular flexibility index (Phi) is 5.35. The highest BCUT2D eigenvalue weighted by Crippen LogP contribution is 2.71. The smallest absolute Gasteiger partial charge is 0.365 e. The molecule has 2 aromatic carbocycles. The van der Waals surface area contributed by atoms with E-state index in [1.54, 1.807) is 31.4 Å². The van der Waals surface area contributed by atoms with Crippen molar-refractivity contribution >= 4 is 23.3 Å². The molecule has 0 aliphatic heterocycles. The maximum absolute atomic E-state index is 13.5. The Hall–Kier alpha value is -3.15. The third-order valence-corrected chi connectivity index (χ3v) is 8.04. The molecule has 2 bridgehead atoms. The van der Waals surface area contributed by atoms with Crippen molar-refractivity contribution in [1.29, 1.82) is 0 Å². The third kappa shape index (κ3) is 3.29. The number of hydrogen-bond donors (Lipinski definition) is 1. The fourth-order valence-corrected chi connectivity index (χ4v) is 5.29.